The van der Waals surface area contributed by atoms with Crippen LogP contribution < -0.4 is 10.5 Å². The van der Waals surface area contributed by atoms with Gasteiger partial charge in [-0.1, -0.05) is 11.6 Å². The van der Waals surface area contributed by atoms with Crippen molar-refractivity contribution in [2.45, 2.75) is 25.4 Å². The van der Waals surface area contributed by atoms with Gasteiger partial charge >= 0.3 is 0 Å². The molecule has 0 bridgehead atoms. The Balaban J connectivity index is 2.07. The van der Waals surface area contributed by atoms with E-state index in [-0.39, 0.29) is 5.75 Å². The average molecular weight is 271 g/mol. The molecule has 2 rings (SSSR count). The van der Waals surface area contributed by atoms with E-state index in [1.807, 2.05) is 6.07 Å². The third kappa shape index (κ3) is 3.07. The number of methoxy groups -OCH3 is 1. The summed E-state index contributed by atoms with van der Waals surface area (Å²) in [6.07, 6.45) is 2.06. The number of hydrogen-bond acceptors (Lipinski definition) is 4. The van der Waals surface area contributed by atoms with E-state index in [9.17, 15) is 5.11 Å². The first-order valence-electron chi connectivity index (χ1n) is 6.13. The zero-order chi connectivity index (χ0) is 13.1. The molecule has 0 radical (unpaired) electrons. The molecule has 0 aliphatic carbocycles. The standard InChI is InChI=1S/C13H19ClN2O2/c1-18-12-7-9(6-11(14)13(12)17)8-16-4-2-10(15)3-5-16/h6-7,10,17H,2-5,8,15H2,1H3. The Labute approximate surface area is 112 Å². The van der Waals surface area contributed by atoms with E-state index in [1.54, 1.807) is 6.07 Å². The molecule has 0 amide bonds. The second-order valence-corrected chi connectivity index (χ2v) is 5.15. The lowest BCUT2D eigenvalue weighted by Gasteiger charge is -2.30. The van der Waals surface area contributed by atoms with Crippen molar-refractivity contribution in [2.75, 3.05) is 20.2 Å². The molecule has 0 atom stereocenters. The predicted molar refractivity (Wildman–Crippen MR) is 72.2 cm³/mol. The SMILES string of the molecule is COc1cc(CN2CCC(N)CC2)cc(Cl)c1O. The number of rotatable bonds is 3. The number of ether oxygens (including phenoxy) is 1. The Morgan fingerprint density at radius 3 is 2.72 bits per heavy atom. The molecule has 0 spiro atoms. The Morgan fingerprint density at radius 1 is 1.44 bits per heavy atom. The van der Waals surface area contributed by atoms with Crippen LogP contribution in [-0.2, 0) is 6.54 Å². The fourth-order valence-electron chi connectivity index (χ4n) is 2.24. The van der Waals surface area contributed by atoms with Gasteiger partial charge < -0.3 is 15.6 Å². The summed E-state index contributed by atoms with van der Waals surface area (Å²) in [6, 6.07) is 3.95. The van der Waals surface area contributed by atoms with Crippen LogP contribution >= 0.6 is 11.6 Å². The van der Waals surface area contributed by atoms with Crippen LogP contribution in [0.3, 0.4) is 0 Å². The molecule has 1 heterocycles. The summed E-state index contributed by atoms with van der Waals surface area (Å²) < 4.78 is 5.10. The van der Waals surface area contributed by atoms with E-state index >= 15 is 0 Å². The van der Waals surface area contributed by atoms with Crippen LogP contribution in [0, 0.1) is 0 Å². The van der Waals surface area contributed by atoms with Gasteiger partial charge in [0.05, 0.1) is 12.1 Å². The molecule has 1 aromatic rings. The molecule has 0 aromatic heterocycles. The number of halogens is 1. The highest BCUT2D eigenvalue weighted by molar-refractivity contribution is 6.32. The minimum absolute atomic E-state index is 0.00332. The van der Waals surface area contributed by atoms with E-state index in [2.05, 4.69) is 4.90 Å². The molecule has 4 nitrogen and oxygen atoms in total. The first-order chi connectivity index (χ1) is 8.60. The van der Waals surface area contributed by atoms with Crippen LogP contribution in [0.25, 0.3) is 0 Å². The number of likely N-dealkylation sites (tertiary alicyclic amines) is 1. The molecule has 5 heteroatoms. The zero-order valence-corrected chi connectivity index (χ0v) is 11.3. The summed E-state index contributed by atoms with van der Waals surface area (Å²) in [7, 11) is 1.52. The number of phenolic OH excluding ortho intramolecular Hbond substituents is 1. The minimum atomic E-state index is 0.00332. The lowest BCUT2D eigenvalue weighted by atomic mass is 10.1. The summed E-state index contributed by atoms with van der Waals surface area (Å²) in [6.45, 7) is 2.81. The van der Waals surface area contributed by atoms with E-state index in [4.69, 9.17) is 22.1 Å². The van der Waals surface area contributed by atoms with Gasteiger partial charge in [-0.2, -0.15) is 0 Å². The van der Waals surface area contributed by atoms with Crippen LogP contribution in [0.15, 0.2) is 12.1 Å². The molecule has 1 aromatic carbocycles. The van der Waals surface area contributed by atoms with Crippen molar-refractivity contribution in [2.24, 2.45) is 5.73 Å². The van der Waals surface area contributed by atoms with Crippen LogP contribution in [0.1, 0.15) is 18.4 Å². The van der Waals surface area contributed by atoms with Crippen LogP contribution in [0.5, 0.6) is 11.5 Å². The van der Waals surface area contributed by atoms with E-state index in [0.29, 0.717) is 16.8 Å². The van der Waals surface area contributed by atoms with Gasteiger partial charge in [-0.25, -0.2) is 0 Å². The third-order valence-electron chi connectivity index (χ3n) is 3.35. The van der Waals surface area contributed by atoms with Gasteiger partial charge in [0.15, 0.2) is 11.5 Å². The third-order valence-corrected chi connectivity index (χ3v) is 3.63. The number of aromatic hydroxyl groups is 1. The maximum absolute atomic E-state index is 9.68. The zero-order valence-electron chi connectivity index (χ0n) is 10.5. The van der Waals surface area contributed by atoms with Crippen molar-refractivity contribution in [3.8, 4) is 11.5 Å². The molecule has 1 aliphatic rings. The maximum atomic E-state index is 9.68. The summed E-state index contributed by atoms with van der Waals surface area (Å²) >= 11 is 5.97. The lowest BCUT2D eigenvalue weighted by Crippen LogP contribution is -2.39. The molecule has 18 heavy (non-hydrogen) atoms. The van der Waals surface area contributed by atoms with Gasteiger partial charge in [0.2, 0.25) is 0 Å². The largest absolute Gasteiger partial charge is 0.503 e. The monoisotopic (exact) mass is 270 g/mol. The summed E-state index contributed by atoms with van der Waals surface area (Å²) in [5, 5.41) is 10.0. The minimum Gasteiger partial charge on any atom is -0.503 e. The lowest BCUT2D eigenvalue weighted by molar-refractivity contribution is 0.205. The Bertz CT molecular complexity index is 418. The van der Waals surface area contributed by atoms with Gasteiger partial charge in [0.25, 0.3) is 0 Å². The van der Waals surface area contributed by atoms with Crippen molar-refractivity contribution in [1.29, 1.82) is 0 Å². The van der Waals surface area contributed by atoms with Gasteiger partial charge in [-0.15, -0.1) is 0 Å². The van der Waals surface area contributed by atoms with Crippen LogP contribution in [0.4, 0.5) is 0 Å². The van der Waals surface area contributed by atoms with E-state index < -0.39 is 0 Å². The van der Waals surface area contributed by atoms with Crippen molar-refractivity contribution >= 4 is 11.6 Å². The Morgan fingerprint density at radius 2 is 2.11 bits per heavy atom. The Hall–Kier alpha value is -0.970. The molecule has 3 N–H and O–H groups in total. The summed E-state index contributed by atoms with van der Waals surface area (Å²) in [5.74, 6) is 0.426. The second kappa shape index (κ2) is 5.78. The number of nitrogens with zero attached hydrogens (tertiary/aromatic N) is 1. The normalized spacial score (nSPS) is 17.9. The van der Waals surface area contributed by atoms with Crippen LogP contribution in [-0.4, -0.2) is 36.2 Å². The maximum Gasteiger partial charge on any atom is 0.176 e. The predicted octanol–water partition coefficient (Wildman–Crippen LogP) is 1.98. The number of benzene rings is 1. The molecule has 1 aliphatic heterocycles. The number of piperidine rings is 1. The quantitative estimate of drug-likeness (QED) is 0.882. The number of phenols is 1. The van der Waals surface area contributed by atoms with E-state index in [0.717, 1.165) is 38.0 Å². The molecular weight excluding hydrogens is 252 g/mol. The topological polar surface area (TPSA) is 58.7 Å². The fourth-order valence-corrected chi connectivity index (χ4v) is 2.48. The molecule has 1 fully saturated rings. The van der Waals surface area contributed by atoms with Crippen molar-refractivity contribution in [1.82, 2.24) is 4.90 Å². The Kier molecular flexibility index (Phi) is 4.32. The number of hydrogen-bond donors (Lipinski definition) is 2. The van der Waals surface area contributed by atoms with Crippen molar-refractivity contribution in [3.63, 3.8) is 0 Å². The van der Waals surface area contributed by atoms with Gasteiger partial charge in [-0.05, 0) is 43.6 Å². The number of nitrogens with two attached hydrogens (primary N) is 1. The second-order valence-electron chi connectivity index (χ2n) is 4.74. The molecule has 0 saturated carbocycles. The van der Waals surface area contributed by atoms with Gasteiger partial charge in [0, 0.05) is 12.6 Å². The molecular formula is C13H19ClN2O2. The highest BCUT2D eigenvalue weighted by Gasteiger charge is 2.17. The molecule has 0 unspecified atom stereocenters. The van der Waals surface area contributed by atoms with Gasteiger partial charge in [0.1, 0.15) is 0 Å². The van der Waals surface area contributed by atoms with Crippen molar-refractivity contribution < 1.29 is 9.84 Å². The highest BCUT2D eigenvalue weighted by atomic mass is 35.5. The van der Waals surface area contributed by atoms with Gasteiger partial charge in [-0.3, -0.25) is 4.90 Å². The highest BCUT2D eigenvalue weighted by Crippen LogP contribution is 2.35. The first kappa shape index (κ1) is 13.5. The first-order valence-corrected chi connectivity index (χ1v) is 6.51. The smallest absolute Gasteiger partial charge is 0.176 e. The molecule has 100 valence electrons. The fraction of sp³-hybridized carbons (Fsp3) is 0.538. The molecule has 1 saturated heterocycles. The average Bonchev–Trinajstić information content (AvgIpc) is 2.36. The summed E-state index contributed by atoms with van der Waals surface area (Å²) in [5.41, 5.74) is 6.93. The van der Waals surface area contributed by atoms with Crippen molar-refractivity contribution in [3.05, 3.63) is 22.7 Å². The van der Waals surface area contributed by atoms with Crippen LogP contribution in [0.2, 0.25) is 5.02 Å². The van der Waals surface area contributed by atoms with E-state index in [1.165, 1.54) is 7.11 Å². The summed E-state index contributed by atoms with van der Waals surface area (Å²) in [4.78, 5) is 2.34.